The molecule has 1 rings (SSSR count). The van der Waals surface area contributed by atoms with Crippen molar-refractivity contribution in [2.24, 2.45) is 11.5 Å². The van der Waals surface area contributed by atoms with Gasteiger partial charge in [0.25, 0.3) is 0 Å². The summed E-state index contributed by atoms with van der Waals surface area (Å²) in [5.74, 6) is 0. The zero-order valence-electron chi connectivity index (χ0n) is 8.82. The number of rotatable bonds is 3. The Balaban J connectivity index is 2.31. The van der Waals surface area contributed by atoms with E-state index < -0.39 is 0 Å². The van der Waals surface area contributed by atoms with Crippen molar-refractivity contribution in [2.45, 2.75) is 6.92 Å². The molecule has 0 aromatic carbocycles. The molecule has 1 aliphatic heterocycles. The Kier molecular flexibility index (Phi) is 4.32. The Morgan fingerprint density at radius 3 is 2.29 bits per heavy atom. The van der Waals surface area contributed by atoms with Crippen LogP contribution in [-0.2, 0) is 0 Å². The first kappa shape index (κ1) is 10.9. The fourth-order valence-corrected chi connectivity index (χ4v) is 1.51. The van der Waals surface area contributed by atoms with Crippen LogP contribution in [0, 0.1) is 0 Å². The highest BCUT2D eigenvalue weighted by atomic mass is 15.2. The quantitative estimate of drug-likeness (QED) is 0.661. The zero-order chi connectivity index (χ0) is 10.4. The highest BCUT2D eigenvalue weighted by molar-refractivity contribution is 4.94. The average molecular weight is 196 g/mol. The molecule has 0 saturated carbocycles. The van der Waals surface area contributed by atoms with Crippen LogP contribution in [0.15, 0.2) is 24.2 Å². The number of nitrogens with zero attached hydrogens (tertiary/aromatic N) is 2. The number of allylic oxidation sites excluding steroid dienone is 1. The molecule has 1 aliphatic rings. The van der Waals surface area contributed by atoms with E-state index in [1.165, 1.54) is 0 Å². The smallest absolute Gasteiger partial charge is 0.0349 e. The number of hydrogen-bond acceptors (Lipinski definition) is 4. The monoisotopic (exact) mass is 196 g/mol. The van der Waals surface area contributed by atoms with Gasteiger partial charge in [-0.05, 0) is 13.1 Å². The standard InChI is InChI=1S/C10H20N4/c1-10(12)9-14-7-5-13(6-8-14)4-2-3-11/h2,4,9H,3,5-8,11-12H2,1H3. The molecule has 14 heavy (non-hydrogen) atoms. The summed E-state index contributed by atoms with van der Waals surface area (Å²) in [5, 5.41) is 0. The van der Waals surface area contributed by atoms with E-state index >= 15 is 0 Å². The van der Waals surface area contributed by atoms with Gasteiger partial charge in [-0.1, -0.05) is 6.08 Å². The Hall–Kier alpha value is -1.16. The van der Waals surface area contributed by atoms with Crippen molar-refractivity contribution in [3.8, 4) is 0 Å². The van der Waals surface area contributed by atoms with E-state index in [1.807, 2.05) is 19.2 Å². The van der Waals surface area contributed by atoms with Crippen LogP contribution < -0.4 is 11.5 Å². The minimum absolute atomic E-state index is 0.613. The van der Waals surface area contributed by atoms with E-state index in [1.54, 1.807) is 0 Å². The average Bonchev–Trinajstić information content (AvgIpc) is 2.16. The number of hydrogen-bond donors (Lipinski definition) is 2. The summed E-state index contributed by atoms with van der Waals surface area (Å²) >= 11 is 0. The minimum atomic E-state index is 0.613. The lowest BCUT2D eigenvalue weighted by molar-refractivity contribution is 0.217. The summed E-state index contributed by atoms with van der Waals surface area (Å²) < 4.78 is 0. The van der Waals surface area contributed by atoms with Gasteiger partial charge in [0.05, 0.1) is 0 Å². The third kappa shape index (κ3) is 3.70. The van der Waals surface area contributed by atoms with E-state index in [0.29, 0.717) is 6.54 Å². The van der Waals surface area contributed by atoms with Gasteiger partial charge in [-0.3, -0.25) is 0 Å². The highest BCUT2D eigenvalue weighted by Gasteiger charge is 2.10. The molecule has 0 bridgehead atoms. The second kappa shape index (κ2) is 5.54. The van der Waals surface area contributed by atoms with Crippen LogP contribution in [0.4, 0.5) is 0 Å². The van der Waals surface area contributed by atoms with Crippen LogP contribution in [0.3, 0.4) is 0 Å². The van der Waals surface area contributed by atoms with Crippen molar-refractivity contribution in [3.05, 3.63) is 24.2 Å². The second-order valence-electron chi connectivity index (χ2n) is 3.57. The third-order valence-electron chi connectivity index (χ3n) is 2.19. The van der Waals surface area contributed by atoms with E-state index in [9.17, 15) is 0 Å². The Labute approximate surface area is 85.8 Å². The predicted octanol–water partition coefficient (Wildman–Crippen LogP) is -0.104. The topological polar surface area (TPSA) is 58.5 Å². The molecule has 4 nitrogen and oxygen atoms in total. The normalized spacial score (nSPS) is 19.4. The predicted molar refractivity (Wildman–Crippen MR) is 59.3 cm³/mol. The highest BCUT2D eigenvalue weighted by Crippen LogP contribution is 2.03. The van der Waals surface area contributed by atoms with Gasteiger partial charge < -0.3 is 21.3 Å². The molecule has 0 amide bonds. The molecule has 1 heterocycles. The molecule has 0 spiro atoms. The van der Waals surface area contributed by atoms with Crippen molar-refractivity contribution >= 4 is 0 Å². The second-order valence-corrected chi connectivity index (χ2v) is 3.57. The molecule has 0 aliphatic carbocycles. The van der Waals surface area contributed by atoms with Crippen molar-refractivity contribution < 1.29 is 0 Å². The molecular formula is C10H20N4. The van der Waals surface area contributed by atoms with E-state index in [2.05, 4.69) is 16.0 Å². The molecule has 0 unspecified atom stereocenters. The molecule has 1 fully saturated rings. The van der Waals surface area contributed by atoms with Crippen molar-refractivity contribution in [1.29, 1.82) is 0 Å². The van der Waals surface area contributed by atoms with Gasteiger partial charge in [-0.2, -0.15) is 0 Å². The van der Waals surface area contributed by atoms with Gasteiger partial charge in [0, 0.05) is 44.6 Å². The molecule has 0 radical (unpaired) electrons. The Morgan fingerprint density at radius 2 is 1.79 bits per heavy atom. The molecule has 4 N–H and O–H groups in total. The van der Waals surface area contributed by atoms with Crippen LogP contribution in [0.1, 0.15) is 6.92 Å². The third-order valence-corrected chi connectivity index (χ3v) is 2.19. The van der Waals surface area contributed by atoms with Crippen LogP contribution in [0.2, 0.25) is 0 Å². The van der Waals surface area contributed by atoms with Gasteiger partial charge in [-0.25, -0.2) is 0 Å². The molecule has 0 aromatic rings. The molecule has 4 heteroatoms. The van der Waals surface area contributed by atoms with Crippen molar-refractivity contribution in [2.75, 3.05) is 32.7 Å². The van der Waals surface area contributed by atoms with Crippen LogP contribution >= 0.6 is 0 Å². The van der Waals surface area contributed by atoms with E-state index in [4.69, 9.17) is 11.5 Å². The fourth-order valence-electron chi connectivity index (χ4n) is 1.51. The molecular weight excluding hydrogens is 176 g/mol. The lowest BCUT2D eigenvalue weighted by Crippen LogP contribution is -2.41. The summed E-state index contributed by atoms with van der Waals surface area (Å²) in [6, 6.07) is 0. The molecule has 80 valence electrons. The summed E-state index contributed by atoms with van der Waals surface area (Å²) in [6.07, 6.45) is 6.08. The Morgan fingerprint density at radius 1 is 1.21 bits per heavy atom. The van der Waals surface area contributed by atoms with Crippen molar-refractivity contribution in [1.82, 2.24) is 9.80 Å². The first-order valence-electron chi connectivity index (χ1n) is 5.01. The Bertz CT molecular complexity index is 210. The summed E-state index contributed by atoms with van der Waals surface area (Å²) in [4.78, 5) is 4.53. The molecule has 0 aromatic heterocycles. The summed E-state index contributed by atoms with van der Waals surface area (Å²) in [6.45, 7) is 6.68. The maximum Gasteiger partial charge on any atom is 0.0349 e. The van der Waals surface area contributed by atoms with Crippen LogP contribution in [-0.4, -0.2) is 42.5 Å². The first-order valence-corrected chi connectivity index (χ1v) is 5.01. The number of nitrogens with two attached hydrogens (primary N) is 2. The van der Waals surface area contributed by atoms with Gasteiger partial charge >= 0.3 is 0 Å². The zero-order valence-corrected chi connectivity index (χ0v) is 8.82. The lowest BCUT2D eigenvalue weighted by Gasteiger charge is -2.33. The molecule has 0 atom stereocenters. The summed E-state index contributed by atoms with van der Waals surface area (Å²) in [5.41, 5.74) is 11.9. The largest absolute Gasteiger partial charge is 0.401 e. The fraction of sp³-hybridized carbons (Fsp3) is 0.600. The summed E-state index contributed by atoms with van der Waals surface area (Å²) in [7, 11) is 0. The lowest BCUT2D eigenvalue weighted by atomic mass is 10.3. The SMILES string of the molecule is CC(N)=CN1CCN(C=CCN)CC1. The number of piperazine rings is 1. The van der Waals surface area contributed by atoms with Gasteiger partial charge in [0.2, 0.25) is 0 Å². The minimum Gasteiger partial charge on any atom is -0.401 e. The van der Waals surface area contributed by atoms with E-state index in [-0.39, 0.29) is 0 Å². The van der Waals surface area contributed by atoms with Gasteiger partial charge in [-0.15, -0.1) is 0 Å². The van der Waals surface area contributed by atoms with Crippen LogP contribution in [0.5, 0.6) is 0 Å². The molecule has 1 saturated heterocycles. The maximum absolute atomic E-state index is 5.61. The van der Waals surface area contributed by atoms with E-state index in [0.717, 1.165) is 31.9 Å². The van der Waals surface area contributed by atoms with Gasteiger partial charge in [0.15, 0.2) is 0 Å². The maximum atomic E-state index is 5.61. The first-order chi connectivity index (χ1) is 6.72. The van der Waals surface area contributed by atoms with Gasteiger partial charge in [0.1, 0.15) is 0 Å². The van der Waals surface area contributed by atoms with Crippen molar-refractivity contribution in [3.63, 3.8) is 0 Å². The van der Waals surface area contributed by atoms with Crippen LogP contribution in [0.25, 0.3) is 0 Å².